The maximum absolute atomic E-state index is 5.68. The highest BCUT2D eigenvalue weighted by molar-refractivity contribution is 5.81. The lowest BCUT2D eigenvalue weighted by Crippen LogP contribution is -2.47. The molecule has 0 unspecified atom stereocenters. The van der Waals surface area contributed by atoms with Gasteiger partial charge in [-0.15, -0.1) is 15.8 Å². The number of hydrazine groups is 3. The molecular weight excluding hydrogens is 218 g/mol. The number of benzene rings is 1. The van der Waals surface area contributed by atoms with Crippen LogP contribution in [-0.2, 0) is 0 Å². The lowest BCUT2D eigenvalue weighted by atomic mass is 10.3. The Morgan fingerprint density at radius 2 is 2.12 bits per heavy atom. The molecule has 88 valence electrons. The third-order valence-electron chi connectivity index (χ3n) is 2.53. The van der Waals surface area contributed by atoms with E-state index in [1.807, 2.05) is 49.4 Å². The van der Waals surface area contributed by atoms with Crippen LogP contribution in [0.15, 0.2) is 39.9 Å². The molecule has 6 heteroatoms. The average molecular weight is 231 g/mol. The predicted molar refractivity (Wildman–Crippen MR) is 65.8 cm³/mol. The molecule has 6 nitrogen and oxygen atoms in total. The van der Waals surface area contributed by atoms with Gasteiger partial charge in [0, 0.05) is 25.5 Å². The Kier molecular flexibility index (Phi) is 2.24. The molecule has 1 aliphatic heterocycles. The summed E-state index contributed by atoms with van der Waals surface area (Å²) in [6.07, 6.45) is 1.67. The van der Waals surface area contributed by atoms with E-state index in [1.165, 1.54) is 0 Å². The molecule has 0 atom stereocenters. The van der Waals surface area contributed by atoms with E-state index in [0.29, 0.717) is 5.88 Å². The van der Waals surface area contributed by atoms with Crippen molar-refractivity contribution in [2.45, 2.75) is 0 Å². The first-order chi connectivity index (χ1) is 8.24. The van der Waals surface area contributed by atoms with Gasteiger partial charge in [0.2, 0.25) is 5.88 Å². The van der Waals surface area contributed by atoms with Gasteiger partial charge in [0.25, 0.3) is 0 Å². The van der Waals surface area contributed by atoms with E-state index in [1.54, 1.807) is 16.6 Å². The van der Waals surface area contributed by atoms with E-state index in [4.69, 9.17) is 4.42 Å². The van der Waals surface area contributed by atoms with Crippen LogP contribution in [0.4, 0.5) is 5.88 Å². The van der Waals surface area contributed by atoms with Crippen molar-refractivity contribution in [2.24, 2.45) is 5.10 Å². The summed E-state index contributed by atoms with van der Waals surface area (Å²) in [6, 6.07) is 9.81. The fourth-order valence-electron chi connectivity index (χ4n) is 1.62. The summed E-state index contributed by atoms with van der Waals surface area (Å²) in [5.41, 5.74) is 3.89. The summed E-state index contributed by atoms with van der Waals surface area (Å²) in [5.74, 6) is 0.659. The third-order valence-corrected chi connectivity index (χ3v) is 2.53. The van der Waals surface area contributed by atoms with Gasteiger partial charge in [0.15, 0.2) is 0 Å². The molecule has 1 aromatic heterocycles. The van der Waals surface area contributed by atoms with Crippen LogP contribution in [0.5, 0.6) is 0 Å². The number of hydrazone groups is 1. The molecule has 0 saturated heterocycles. The van der Waals surface area contributed by atoms with E-state index >= 15 is 0 Å². The molecule has 0 spiro atoms. The van der Waals surface area contributed by atoms with Crippen LogP contribution in [0.3, 0.4) is 0 Å². The maximum Gasteiger partial charge on any atom is 0.234 e. The zero-order valence-corrected chi connectivity index (χ0v) is 9.66. The van der Waals surface area contributed by atoms with Gasteiger partial charge in [-0.05, 0) is 6.07 Å². The monoisotopic (exact) mass is 231 g/mol. The Morgan fingerprint density at radius 3 is 2.82 bits per heavy atom. The highest BCUT2D eigenvalue weighted by Crippen LogP contribution is 2.25. The summed E-state index contributed by atoms with van der Waals surface area (Å²) in [6.45, 7) is 0. The molecule has 2 aromatic rings. The molecule has 17 heavy (non-hydrogen) atoms. The number of nitrogens with zero attached hydrogens (tertiary/aromatic N) is 4. The first kappa shape index (κ1) is 10.1. The Hall–Kier alpha value is -2.05. The van der Waals surface area contributed by atoms with Crippen molar-refractivity contribution in [3.05, 3.63) is 30.3 Å². The van der Waals surface area contributed by atoms with Crippen LogP contribution in [0.1, 0.15) is 0 Å². The standard InChI is InChI=1S/C11H13N5O/c1-14(2)15-8-12-16(13-15)11-7-9-5-3-4-6-10(9)17-11/h3-8,13H,1-2H3. The summed E-state index contributed by atoms with van der Waals surface area (Å²) < 4.78 is 5.68. The molecule has 2 heterocycles. The summed E-state index contributed by atoms with van der Waals surface area (Å²) in [4.78, 5) is 0. The van der Waals surface area contributed by atoms with Crippen molar-refractivity contribution in [1.29, 1.82) is 0 Å². The van der Waals surface area contributed by atoms with Crippen LogP contribution in [0, 0.1) is 0 Å². The zero-order valence-electron chi connectivity index (χ0n) is 9.66. The molecule has 0 amide bonds. The largest absolute Gasteiger partial charge is 0.437 e. The van der Waals surface area contributed by atoms with Crippen LogP contribution in [-0.4, -0.2) is 30.6 Å². The molecule has 3 rings (SSSR count). The average Bonchev–Trinajstić information content (AvgIpc) is 2.95. The molecule has 1 aromatic carbocycles. The molecule has 0 saturated carbocycles. The van der Waals surface area contributed by atoms with Gasteiger partial charge in [0.05, 0.1) is 0 Å². The summed E-state index contributed by atoms with van der Waals surface area (Å²) in [7, 11) is 3.84. The highest BCUT2D eigenvalue weighted by atomic mass is 16.4. The first-order valence-electron chi connectivity index (χ1n) is 5.29. The third kappa shape index (κ3) is 1.73. The molecule has 1 N–H and O–H groups in total. The van der Waals surface area contributed by atoms with Crippen LogP contribution in [0.2, 0.25) is 0 Å². The van der Waals surface area contributed by atoms with Crippen molar-refractivity contribution in [2.75, 3.05) is 19.2 Å². The van der Waals surface area contributed by atoms with Crippen molar-refractivity contribution in [3.63, 3.8) is 0 Å². The Labute approximate surface area is 98.6 Å². The Balaban J connectivity index is 1.88. The number of furan rings is 1. The number of fused-ring (bicyclic) bond motifs is 1. The van der Waals surface area contributed by atoms with E-state index in [0.717, 1.165) is 11.0 Å². The highest BCUT2D eigenvalue weighted by Gasteiger charge is 2.19. The van der Waals surface area contributed by atoms with E-state index in [-0.39, 0.29) is 0 Å². The van der Waals surface area contributed by atoms with Crippen molar-refractivity contribution in [1.82, 2.24) is 15.7 Å². The summed E-state index contributed by atoms with van der Waals surface area (Å²) in [5, 5.41) is 10.4. The molecule has 0 radical (unpaired) electrons. The minimum absolute atomic E-state index is 0.659. The van der Waals surface area contributed by atoms with Gasteiger partial charge in [-0.1, -0.05) is 18.2 Å². The van der Waals surface area contributed by atoms with Crippen LogP contribution in [0.25, 0.3) is 11.0 Å². The van der Waals surface area contributed by atoms with E-state index in [9.17, 15) is 0 Å². The number of nitrogens with one attached hydrogen (secondary N) is 1. The number of para-hydroxylation sites is 1. The zero-order chi connectivity index (χ0) is 11.8. The van der Waals surface area contributed by atoms with Gasteiger partial charge in [-0.25, -0.2) is 10.1 Å². The van der Waals surface area contributed by atoms with Gasteiger partial charge in [-0.2, -0.15) is 0 Å². The quantitative estimate of drug-likeness (QED) is 0.846. The van der Waals surface area contributed by atoms with Gasteiger partial charge < -0.3 is 4.42 Å². The van der Waals surface area contributed by atoms with E-state index in [2.05, 4.69) is 10.6 Å². The fraction of sp³-hybridized carbons (Fsp3) is 0.182. The Morgan fingerprint density at radius 1 is 1.29 bits per heavy atom. The second-order valence-corrected chi connectivity index (χ2v) is 3.96. The van der Waals surface area contributed by atoms with Crippen LogP contribution < -0.4 is 10.7 Å². The lowest BCUT2D eigenvalue weighted by molar-refractivity contribution is 0.0679. The van der Waals surface area contributed by atoms with Crippen molar-refractivity contribution >= 4 is 23.2 Å². The number of rotatable bonds is 2. The number of hydrogen-bond acceptors (Lipinski definition) is 6. The molecule has 0 aliphatic carbocycles. The molecular formula is C11H13N5O. The minimum Gasteiger partial charge on any atom is -0.437 e. The number of hydrogen-bond donors (Lipinski definition) is 1. The maximum atomic E-state index is 5.68. The molecule has 1 aliphatic rings. The normalized spacial score (nSPS) is 15.5. The second-order valence-electron chi connectivity index (χ2n) is 3.96. The smallest absolute Gasteiger partial charge is 0.234 e. The van der Waals surface area contributed by atoms with Gasteiger partial charge in [-0.3, -0.25) is 0 Å². The predicted octanol–water partition coefficient (Wildman–Crippen LogP) is 1.39. The molecule has 0 bridgehead atoms. The summed E-state index contributed by atoms with van der Waals surface area (Å²) >= 11 is 0. The van der Waals surface area contributed by atoms with Gasteiger partial charge >= 0.3 is 0 Å². The first-order valence-corrected chi connectivity index (χ1v) is 5.29. The van der Waals surface area contributed by atoms with E-state index < -0.39 is 0 Å². The SMILES string of the molecule is CN(C)N1C=NN(c2cc3ccccc3o2)N1. The fourth-order valence-corrected chi connectivity index (χ4v) is 1.62. The topological polar surface area (TPSA) is 47.2 Å². The second kappa shape index (κ2) is 3.76. The van der Waals surface area contributed by atoms with Crippen molar-refractivity contribution < 1.29 is 4.42 Å². The lowest BCUT2D eigenvalue weighted by Gasteiger charge is -2.23. The number of anilines is 1. The van der Waals surface area contributed by atoms with Gasteiger partial charge in [0.1, 0.15) is 11.9 Å². The Bertz CT molecular complexity index is 529. The minimum atomic E-state index is 0.659. The molecule has 0 fully saturated rings. The van der Waals surface area contributed by atoms with Crippen molar-refractivity contribution in [3.8, 4) is 0 Å². The van der Waals surface area contributed by atoms with Crippen LogP contribution >= 0.6 is 0 Å².